The Bertz CT molecular complexity index is 560. The van der Waals surface area contributed by atoms with Crippen molar-refractivity contribution in [2.24, 2.45) is 11.7 Å². The molecule has 0 aromatic carbocycles. The first kappa shape index (κ1) is 15.3. The zero-order valence-electron chi connectivity index (χ0n) is 10.6. The lowest BCUT2D eigenvalue weighted by molar-refractivity contribution is -0.182. The van der Waals surface area contributed by atoms with E-state index in [2.05, 4.69) is 0 Å². The summed E-state index contributed by atoms with van der Waals surface area (Å²) in [4.78, 5) is 0. The molecule has 1 saturated heterocycles. The normalized spacial score (nSPS) is 19.4. The van der Waals surface area contributed by atoms with Crippen molar-refractivity contribution in [3.05, 3.63) is 17.9 Å². The van der Waals surface area contributed by atoms with Gasteiger partial charge < -0.3 is 10.2 Å². The van der Waals surface area contributed by atoms with Gasteiger partial charge in [0.05, 0.1) is 12.5 Å². The third-order valence-electron chi connectivity index (χ3n) is 3.35. The molecular formula is C11H15F3N2O3S. The molecule has 1 fully saturated rings. The molecule has 1 aliphatic heterocycles. The maximum atomic E-state index is 12.5. The number of halogens is 3. The molecule has 1 aliphatic rings. The number of rotatable bonds is 3. The molecule has 1 aromatic rings. The molecular weight excluding hydrogens is 297 g/mol. The molecule has 0 radical (unpaired) electrons. The number of alkyl halides is 3. The van der Waals surface area contributed by atoms with E-state index in [4.69, 9.17) is 10.2 Å². The lowest BCUT2D eigenvalue weighted by Gasteiger charge is -2.31. The molecule has 0 unspecified atom stereocenters. The second-order valence-electron chi connectivity index (χ2n) is 4.64. The van der Waals surface area contributed by atoms with Gasteiger partial charge in [0.25, 0.3) is 10.0 Å². The lowest BCUT2D eigenvalue weighted by atomic mass is 9.98. The highest BCUT2D eigenvalue weighted by Gasteiger charge is 2.43. The van der Waals surface area contributed by atoms with Crippen molar-refractivity contribution in [1.82, 2.24) is 4.31 Å². The molecule has 114 valence electrons. The second-order valence-corrected chi connectivity index (χ2v) is 6.51. The minimum Gasteiger partial charge on any atom is -0.447 e. The molecule has 0 bridgehead atoms. The van der Waals surface area contributed by atoms with Gasteiger partial charge in [0.15, 0.2) is 0 Å². The molecule has 9 heteroatoms. The Balaban J connectivity index is 2.09. The summed E-state index contributed by atoms with van der Waals surface area (Å²) in [7, 11) is -3.88. The van der Waals surface area contributed by atoms with Gasteiger partial charge in [-0.2, -0.15) is 17.5 Å². The minimum atomic E-state index is -4.27. The molecule has 0 saturated carbocycles. The molecule has 0 aliphatic carbocycles. The Morgan fingerprint density at radius 3 is 2.35 bits per heavy atom. The van der Waals surface area contributed by atoms with E-state index in [0.29, 0.717) is 5.76 Å². The van der Waals surface area contributed by atoms with E-state index in [1.165, 1.54) is 12.1 Å². The monoisotopic (exact) mass is 312 g/mol. The van der Waals surface area contributed by atoms with Gasteiger partial charge >= 0.3 is 6.18 Å². The third kappa shape index (κ3) is 2.99. The first-order chi connectivity index (χ1) is 9.25. The van der Waals surface area contributed by atoms with Crippen molar-refractivity contribution < 1.29 is 26.0 Å². The number of nitrogens with two attached hydrogens (primary N) is 1. The summed E-state index contributed by atoms with van der Waals surface area (Å²) in [6, 6.07) is 2.71. The van der Waals surface area contributed by atoms with Crippen molar-refractivity contribution in [2.45, 2.75) is 30.7 Å². The predicted molar refractivity (Wildman–Crippen MR) is 64.1 cm³/mol. The molecule has 2 N–H and O–H groups in total. The zero-order valence-corrected chi connectivity index (χ0v) is 11.4. The van der Waals surface area contributed by atoms with E-state index in [-0.39, 0.29) is 37.6 Å². The largest absolute Gasteiger partial charge is 0.447 e. The summed E-state index contributed by atoms with van der Waals surface area (Å²) < 4.78 is 68.1. The summed E-state index contributed by atoms with van der Waals surface area (Å²) in [6.07, 6.45) is -4.73. The Morgan fingerprint density at radius 2 is 1.90 bits per heavy atom. The van der Waals surface area contributed by atoms with Crippen LogP contribution in [0.25, 0.3) is 0 Å². The first-order valence-corrected chi connectivity index (χ1v) is 7.55. The number of hydrogen-bond donors (Lipinski definition) is 1. The van der Waals surface area contributed by atoms with Gasteiger partial charge in [-0.25, -0.2) is 8.42 Å². The molecule has 1 aromatic heterocycles. The van der Waals surface area contributed by atoms with Crippen molar-refractivity contribution >= 4 is 10.0 Å². The highest BCUT2D eigenvalue weighted by atomic mass is 32.2. The van der Waals surface area contributed by atoms with Crippen LogP contribution in [0, 0.1) is 5.92 Å². The predicted octanol–water partition coefficient (Wildman–Crippen LogP) is 1.70. The minimum absolute atomic E-state index is 0.0612. The Kier molecular flexibility index (Phi) is 4.12. The zero-order chi connectivity index (χ0) is 15.0. The Labute approximate surface area is 114 Å². The molecule has 20 heavy (non-hydrogen) atoms. The lowest BCUT2D eigenvalue weighted by Crippen LogP contribution is -2.41. The summed E-state index contributed by atoms with van der Waals surface area (Å²) in [5.74, 6) is -1.13. The van der Waals surface area contributed by atoms with E-state index in [1.807, 2.05) is 0 Å². The molecule has 0 amide bonds. The Hall–Kier alpha value is -1.06. The van der Waals surface area contributed by atoms with Crippen LogP contribution in [0.3, 0.4) is 0 Å². The van der Waals surface area contributed by atoms with Gasteiger partial charge in [0, 0.05) is 13.1 Å². The van der Waals surface area contributed by atoms with Crippen LogP contribution in [-0.2, 0) is 16.6 Å². The Morgan fingerprint density at radius 1 is 1.30 bits per heavy atom. The fraction of sp³-hybridized carbons (Fsp3) is 0.636. The number of hydrogen-bond acceptors (Lipinski definition) is 4. The van der Waals surface area contributed by atoms with Gasteiger partial charge in [0.2, 0.25) is 5.09 Å². The third-order valence-corrected chi connectivity index (χ3v) is 5.12. The molecule has 2 rings (SSSR count). The van der Waals surface area contributed by atoms with Gasteiger partial charge in [-0.1, -0.05) is 0 Å². The van der Waals surface area contributed by atoms with Crippen LogP contribution in [-0.4, -0.2) is 32.0 Å². The number of furan rings is 1. The number of sulfonamides is 1. The topological polar surface area (TPSA) is 76.5 Å². The highest BCUT2D eigenvalue weighted by molar-refractivity contribution is 7.89. The summed E-state index contributed by atoms with van der Waals surface area (Å²) in [5, 5.41) is -0.275. The van der Waals surface area contributed by atoms with Gasteiger partial charge in [0.1, 0.15) is 5.76 Å². The quantitative estimate of drug-likeness (QED) is 0.921. The molecule has 2 heterocycles. The van der Waals surface area contributed by atoms with Crippen LogP contribution in [0.4, 0.5) is 13.2 Å². The molecule has 0 spiro atoms. The van der Waals surface area contributed by atoms with E-state index >= 15 is 0 Å². The summed E-state index contributed by atoms with van der Waals surface area (Å²) in [6.45, 7) is -0.262. The second kappa shape index (κ2) is 5.38. The molecule has 0 atom stereocenters. The van der Waals surface area contributed by atoms with Crippen molar-refractivity contribution in [2.75, 3.05) is 13.1 Å². The van der Waals surface area contributed by atoms with Crippen LogP contribution in [0.1, 0.15) is 18.6 Å². The molecule has 5 nitrogen and oxygen atoms in total. The fourth-order valence-electron chi connectivity index (χ4n) is 2.16. The van der Waals surface area contributed by atoms with Crippen molar-refractivity contribution in [3.63, 3.8) is 0 Å². The van der Waals surface area contributed by atoms with Crippen LogP contribution in [0.2, 0.25) is 0 Å². The average molecular weight is 312 g/mol. The summed E-state index contributed by atoms with van der Waals surface area (Å²) in [5.41, 5.74) is 5.32. The van der Waals surface area contributed by atoms with Crippen LogP contribution in [0.15, 0.2) is 21.6 Å². The van der Waals surface area contributed by atoms with E-state index < -0.39 is 22.1 Å². The van der Waals surface area contributed by atoms with Crippen LogP contribution in [0.5, 0.6) is 0 Å². The van der Waals surface area contributed by atoms with Crippen molar-refractivity contribution in [1.29, 1.82) is 0 Å². The van der Waals surface area contributed by atoms with Crippen LogP contribution < -0.4 is 5.73 Å². The highest BCUT2D eigenvalue weighted by Crippen LogP contribution is 2.35. The maximum absolute atomic E-state index is 12.5. The van der Waals surface area contributed by atoms with Crippen LogP contribution >= 0.6 is 0 Å². The number of nitrogens with zero attached hydrogens (tertiary/aromatic N) is 1. The smallest absolute Gasteiger partial charge is 0.391 e. The van der Waals surface area contributed by atoms with Gasteiger partial charge in [-0.3, -0.25) is 0 Å². The first-order valence-electron chi connectivity index (χ1n) is 6.11. The summed E-state index contributed by atoms with van der Waals surface area (Å²) >= 11 is 0. The SMILES string of the molecule is NCc1ccc(S(=O)(=O)N2CCC(C(F)(F)F)CC2)o1. The number of piperidine rings is 1. The van der Waals surface area contributed by atoms with Gasteiger partial charge in [-0.15, -0.1) is 0 Å². The fourth-order valence-corrected chi connectivity index (χ4v) is 3.56. The van der Waals surface area contributed by atoms with E-state index in [9.17, 15) is 21.6 Å². The van der Waals surface area contributed by atoms with E-state index in [1.54, 1.807) is 0 Å². The van der Waals surface area contributed by atoms with Gasteiger partial charge in [-0.05, 0) is 25.0 Å². The average Bonchev–Trinajstić information content (AvgIpc) is 2.87. The van der Waals surface area contributed by atoms with Crippen molar-refractivity contribution in [3.8, 4) is 0 Å². The standard InChI is InChI=1S/C11H15F3N2O3S/c12-11(13,14)8-3-5-16(6-4-8)20(17,18)10-2-1-9(7-15)19-10/h1-2,8H,3-7,15H2. The van der Waals surface area contributed by atoms with E-state index in [0.717, 1.165) is 4.31 Å². The maximum Gasteiger partial charge on any atom is 0.391 e.